The minimum atomic E-state index is -1.72. The second-order valence-electron chi connectivity index (χ2n) is 6.51. The van der Waals surface area contributed by atoms with Crippen molar-refractivity contribution in [2.24, 2.45) is 5.92 Å². The van der Waals surface area contributed by atoms with Crippen molar-refractivity contribution in [2.75, 3.05) is 13.7 Å². The maximum Gasteiger partial charge on any atom is 0.176 e. The van der Waals surface area contributed by atoms with Crippen molar-refractivity contribution in [1.29, 1.82) is 0 Å². The maximum absolute atomic E-state index is 12.5. The van der Waals surface area contributed by atoms with Crippen LogP contribution in [-0.2, 0) is 21.0 Å². The van der Waals surface area contributed by atoms with E-state index in [-0.39, 0.29) is 22.8 Å². The van der Waals surface area contributed by atoms with Gasteiger partial charge in [0.2, 0.25) is 0 Å². The number of ether oxygens (including phenoxy) is 1. The molecule has 0 spiro atoms. The first kappa shape index (κ1) is 23.5. The fourth-order valence-electron chi connectivity index (χ4n) is 2.73. The van der Waals surface area contributed by atoms with Gasteiger partial charge in [-0.2, -0.15) is 0 Å². The Bertz CT molecular complexity index is 960. The topological polar surface area (TPSA) is 141 Å². The summed E-state index contributed by atoms with van der Waals surface area (Å²) in [6.07, 6.45) is 4.76. The summed E-state index contributed by atoms with van der Waals surface area (Å²) in [4.78, 5) is 37.1. The average molecular weight is 426 g/mol. The number of aliphatic hydroxyl groups is 2. The van der Waals surface area contributed by atoms with E-state index in [0.717, 1.165) is 12.2 Å². The summed E-state index contributed by atoms with van der Waals surface area (Å²) in [6, 6.07) is 8.61. The first-order valence-corrected chi connectivity index (χ1v) is 9.17. The number of carbonyl (C=O) groups excluding carboxylic acids is 3. The quantitative estimate of drug-likeness (QED) is 0.332. The molecular weight excluding hydrogens is 404 g/mol. The number of phenolic OH excluding ortho intramolecular Hbond substituents is 1. The molecule has 0 heterocycles. The standard InChI is InChI=1S/C23H22O8/c1-31-22-11-15(3-7-18(22)27)5-9-20(29)23(21(30)13-25)19(28)8-4-14-2-6-17(26)16(10-14)12-24/h2-11,23-27H,12-13H2,1H3/b8-4+,9-5+. The number of allylic oxidation sites excluding steroid dienone is 2. The van der Waals surface area contributed by atoms with Gasteiger partial charge in [-0.3, -0.25) is 14.4 Å². The van der Waals surface area contributed by atoms with E-state index in [4.69, 9.17) is 9.84 Å². The molecule has 162 valence electrons. The highest BCUT2D eigenvalue weighted by molar-refractivity contribution is 6.26. The lowest BCUT2D eigenvalue weighted by atomic mass is 9.92. The van der Waals surface area contributed by atoms with E-state index < -0.39 is 36.5 Å². The lowest BCUT2D eigenvalue weighted by molar-refractivity contribution is -0.137. The van der Waals surface area contributed by atoms with Gasteiger partial charge in [0.05, 0.1) is 13.7 Å². The highest BCUT2D eigenvalue weighted by Crippen LogP contribution is 2.27. The van der Waals surface area contributed by atoms with Crippen LogP contribution in [0.5, 0.6) is 17.2 Å². The van der Waals surface area contributed by atoms with Crippen molar-refractivity contribution in [3.63, 3.8) is 0 Å². The van der Waals surface area contributed by atoms with Crippen molar-refractivity contribution < 1.29 is 39.5 Å². The van der Waals surface area contributed by atoms with Gasteiger partial charge >= 0.3 is 0 Å². The van der Waals surface area contributed by atoms with Gasteiger partial charge < -0.3 is 25.2 Å². The molecule has 1 atom stereocenters. The number of aromatic hydroxyl groups is 2. The third kappa shape index (κ3) is 6.11. The molecule has 0 bridgehead atoms. The summed E-state index contributed by atoms with van der Waals surface area (Å²) in [5.74, 6) is -4.31. The third-order valence-electron chi connectivity index (χ3n) is 4.40. The number of aliphatic hydroxyl groups excluding tert-OH is 2. The molecule has 0 saturated carbocycles. The molecule has 0 aliphatic carbocycles. The molecule has 2 aromatic carbocycles. The monoisotopic (exact) mass is 426 g/mol. The highest BCUT2D eigenvalue weighted by Gasteiger charge is 2.29. The zero-order valence-corrected chi connectivity index (χ0v) is 16.7. The Morgan fingerprint density at radius 3 is 1.97 bits per heavy atom. The Kier molecular flexibility index (Phi) is 8.25. The van der Waals surface area contributed by atoms with Crippen molar-refractivity contribution in [3.8, 4) is 17.2 Å². The number of hydrogen-bond donors (Lipinski definition) is 4. The number of rotatable bonds is 10. The first-order valence-electron chi connectivity index (χ1n) is 9.17. The molecule has 1 unspecified atom stereocenters. The van der Waals surface area contributed by atoms with Gasteiger partial charge in [-0.25, -0.2) is 0 Å². The zero-order chi connectivity index (χ0) is 23.0. The summed E-state index contributed by atoms with van der Waals surface area (Å²) < 4.78 is 4.98. The number of methoxy groups -OCH3 is 1. The number of benzene rings is 2. The van der Waals surface area contributed by atoms with E-state index in [2.05, 4.69) is 0 Å². The fraction of sp³-hybridized carbons (Fsp3) is 0.174. The van der Waals surface area contributed by atoms with E-state index in [1.54, 1.807) is 0 Å². The van der Waals surface area contributed by atoms with Crippen LogP contribution < -0.4 is 4.74 Å². The van der Waals surface area contributed by atoms with Crippen LogP contribution >= 0.6 is 0 Å². The number of Topliss-reactive ketones (excluding diaryl/α,β-unsaturated/α-hetero) is 1. The Morgan fingerprint density at radius 2 is 1.45 bits per heavy atom. The molecular formula is C23H22O8. The molecule has 4 N–H and O–H groups in total. The maximum atomic E-state index is 12.5. The highest BCUT2D eigenvalue weighted by atomic mass is 16.5. The average Bonchev–Trinajstić information content (AvgIpc) is 2.77. The Balaban J connectivity index is 2.23. The molecule has 0 amide bonds. The molecule has 8 heteroatoms. The number of carbonyl (C=O) groups is 3. The number of ketones is 3. The van der Waals surface area contributed by atoms with Crippen LogP contribution in [0.2, 0.25) is 0 Å². The lowest BCUT2D eigenvalue weighted by Crippen LogP contribution is -2.31. The zero-order valence-electron chi connectivity index (χ0n) is 16.7. The van der Waals surface area contributed by atoms with Gasteiger partial charge in [-0.05, 0) is 47.5 Å². The molecule has 0 saturated heterocycles. The van der Waals surface area contributed by atoms with Crippen molar-refractivity contribution in [2.45, 2.75) is 6.61 Å². The minimum absolute atomic E-state index is 0.0850. The minimum Gasteiger partial charge on any atom is -0.508 e. The van der Waals surface area contributed by atoms with Gasteiger partial charge in [0, 0.05) is 5.56 Å². The van der Waals surface area contributed by atoms with Gasteiger partial charge in [0.15, 0.2) is 28.8 Å². The van der Waals surface area contributed by atoms with E-state index in [9.17, 15) is 29.7 Å². The summed E-state index contributed by atoms with van der Waals surface area (Å²) in [5.41, 5.74) is 1.20. The SMILES string of the molecule is COc1cc(/C=C/C(=O)C(C(=O)/C=C/c2ccc(O)c(CO)c2)C(=O)CO)ccc1O. The molecule has 2 aromatic rings. The second kappa shape index (κ2) is 10.9. The van der Waals surface area contributed by atoms with Crippen LogP contribution in [0.4, 0.5) is 0 Å². The van der Waals surface area contributed by atoms with E-state index >= 15 is 0 Å². The van der Waals surface area contributed by atoms with Gasteiger partial charge in [-0.15, -0.1) is 0 Å². The Morgan fingerprint density at radius 1 is 0.903 bits per heavy atom. The molecule has 0 aliphatic heterocycles. The molecule has 0 radical (unpaired) electrons. The largest absolute Gasteiger partial charge is 0.508 e. The Hall–Kier alpha value is -3.75. The van der Waals surface area contributed by atoms with E-state index in [0.29, 0.717) is 11.1 Å². The summed E-state index contributed by atoms with van der Waals surface area (Å²) in [5, 5.41) is 37.6. The molecule has 0 aromatic heterocycles. The number of phenols is 2. The van der Waals surface area contributed by atoms with Crippen LogP contribution in [0.25, 0.3) is 12.2 Å². The summed E-state index contributed by atoms with van der Waals surface area (Å²) >= 11 is 0. The smallest absolute Gasteiger partial charge is 0.176 e. The van der Waals surface area contributed by atoms with Gasteiger partial charge in [0.25, 0.3) is 0 Å². The van der Waals surface area contributed by atoms with Crippen LogP contribution in [0.15, 0.2) is 48.6 Å². The summed E-state index contributed by atoms with van der Waals surface area (Å²) in [6.45, 7) is -1.39. The third-order valence-corrected chi connectivity index (χ3v) is 4.40. The predicted molar refractivity (Wildman–Crippen MR) is 112 cm³/mol. The van der Waals surface area contributed by atoms with Gasteiger partial charge in [-0.1, -0.05) is 24.3 Å². The normalized spacial score (nSPS) is 12.2. The van der Waals surface area contributed by atoms with Crippen LogP contribution in [0, 0.1) is 5.92 Å². The molecule has 8 nitrogen and oxygen atoms in total. The van der Waals surface area contributed by atoms with Crippen molar-refractivity contribution >= 4 is 29.5 Å². The fourth-order valence-corrected chi connectivity index (χ4v) is 2.73. The Labute approximate surface area is 178 Å². The predicted octanol–water partition coefficient (Wildman–Crippen LogP) is 1.64. The van der Waals surface area contributed by atoms with Gasteiger partial charge in [0.1, 0.15) is 18.3 Å². The molecule has 31 heavy (non-hydrogen) atoms. The lowest BCUT2D eigenvalue weighted by Gasteiger charge is -2.08. The van der Waals surface area contributed by atoms with Crippen LogP contribution in [0.3, 0.4) is 0 Å². The van der Waals surface area contributed by atoms with Crippen molar-refractivity contribution in [3.05, 3.63) is 65.2 Å². The van der Waals surface area contributed by atoms with Crippen molar-refractivity contribution in [1.82, 2.24) is 0 Å². The molecule has 0 aliphatic rings. The first-order chi connectivity index (χ1) is 14.8. The van der Waals surface area contributed by atoms with Crippen LogP contribution in [-0.4, -0.2) is 51.5 Å². The number of hydrogen-bond acceptors (Lipinski definition) is 8. The van der Waals surface area contributed by atoms with E-state index in [1.165, 1.54) is 55.7 Å². The molecule has 2 rings (SSSR count). The summed E-state index contributed by atoms with van der Waals surface area (Å²) in [7, 11) is 1.37. The second-order valence-corrected chi connectivity index (χ2v) is 6.51. The molecule has 0 fully saturated rings. The van der Waals surface area contributed by atoms with Crippen LogP contribution in [0.1, 0.15) is 16.7 Å². The van der Waals surface area contributed by atoms with E-state index in [1.807, 2.05) is 0 Å².